The van der Waals surface area contributed by atoms with Crippen molar-refractivity contribution in [2.24, 2.45) is 0 Å². The number of aromatic nitrogens is 1. The SMILES string of the molecule is CC(NCCSCC(C)(C)O)c1cncs1. The number of thioether (sulfide) groups is 1. The lowest BCUT2D eigenvalue weighted by molar-refractivity contribution is 0.107. The van der Waals surface area contributed by atoms with Crippen LogP contribution in [0.2, 0.25) is 0 Å². The Balaban J connectivity index is 2.08. The molecule has 0 spiro atoms. The maximum atomic E-state index is 9.53. The van der Waals surface area contributed by atoms with Crippen molar-refractivity contribution in [3.8, 4) is 0 Å². The van der Waals surface area contributed by atoms with E-state index in [0.717, 1.165) is 18.1 Å². The molecule has 1 unspecified atom stereocenters. The largest absolute Gasteiger partial charge is 0.390 e. The quantitative estimate of drug-likeness (QED) is 0.738. The Morgan fingerprint density at radius 3 is 2.94 bits per heavy atom. The van der Waals surface area contributed by atoms with Crippen LogP contribution in [0.4, 0.5) is 0 Å². The molecule has 1 aromatic heterocycles. The van der Waals surface area contributed by atoms with Gasteiger partial charge in [0.05, 0.1) is 11.1 Å². The summed E-state index contributed by atoms with van der Waals surface area (Å²) in [6, 6.07) is 0.371. The Labute approximate surface area is 106 Å². The predicted molar refractivity (Wildman–Crippen MR) is 72.2 cm³/mol. The van der Waals surface area contributed by atoms with Crippen LogP contribution >= 0.6 is 23.1 Å². The van der Waals surface area contributed by atoms with Gasteiger partial charge in [-0.25, -0.2) is 0 Å². The molecule has 0 saturated heterocycles. The lowest BCUT2D eigenvalue weighted by Crippen LogP contribution is -2.24. The van der Waals surface area contributed by atoms with E-state index in [2.05, 4.69) is 17.2 Å². The molecular formula is C11H20N2OS2. The molecule has 1 rings (SSSR count). The molecule has 0 aromatic carbocycles. The van der Waals surface area contributed by atoms with E-state index in [0.29, 0.717) is 6.04 Å². The highest BCUT2D eigenvalue weighted by Crippen LogP contribution is 2.16. The molecule has 0 amide bonds. The van der Waals surface area contributed by atoms with Crippen molar-refractivity contribution in [3.63, 3.8) is 0 Å². The maximum absolute atomic E-state index is 9.53. The second kappa shape index (κ2) is 6.59. The fraction of sp³-hybridized carbons (Fsp3) is 0.727. The van der Waals surface area contributed by atoms with E-state index in [-0.39, 0.29) is 0 Å². The Morgan fingerprint density at radius 2 is 2.38 bits per heavy atom. The molecule has 0 aliphatic rings. The Bertz CT molecular complexity index is 283. The number of aliphatic hydroxyl groups is 1. The van der Waals surface area contributed by atoms with Gasteiger partial charge in [0.25, 0.3) is 0 Å². The number of hydrogen-bond donors (Lipinski definition) is 2. The highest BCUT2D eigenvalue weighted by Gasteiger charge is 2.12. The average molecular weight is 260 g/mol. The van der Waals surface area contributed by atoms with Crippen LogP contribution < -0.4 is 5.32 Å². The first-order chi connectivity index (χ1) is 7.49. The lowest BCUT2D eigenvalue weighted by atomic mass is 10.2. The van der Waals surface area contributed by atoms with Gasteiger partial charge in [-0.15, -0.1) is 11.3 Å². The van der Waals surface area contributed by atoms with Gasteiger partial charge in [0.1, 0.15) is 0 Å². The standard InChI is InChI=1S/C11H20N2OS2/c1-9(10-6-12-8-16-10)13-4-5-15-7-11(2,3)14/h6,8-9,13-14H,4-5,7H2,1-3H3. The fourth-order valence-corrected chi connectivity index (χ4v) is 2.77. The van der Waals surface area contributed by atoms with Crippen LogP contribution in [0.25, 0.3) is 0 Å². The highest BCUT2D eigenvalue weighted by molar-refractivity contribution is 7.99. The maximum Gasteiger partial charge on any atom is 0.0794 e. The lowest BCUT2D eigenvalue weighted by Gasteiger charge is -2.17. The first-order valence-corrected chi connectivity index (χ1v) is 7.44. The van der Waals surface area contributed by atoms with Gasteiger partial charge >= 0.3 is 0 Å². The van der Waals surface area contributed by atoms with Crippen LogP contribution in [0.15, 0.2) is 11.7 Å². The van der Waals surface area contributed by atoms with Crippen molar-refractivity contribution >= 4 is 23.1 Å². The molecule has 16 heavy (non-hydrogen) atoms. The third-order valence-corrected chi connectivity index (χ3v) is 4.39. The summed E-state index contributed by atoms with van der Waals surface area (Å²) in [6.07, 6.45) is 1.91. The Kier molecular flexibility index (Phi) is 5.75. The first kappa shape index (κ1) is 14.0. The summed E-state index contributed by atoms with van der Waals surface area (Å²) in [4.78, 5) is 5.33. The number of thiazole rings is 1. The number of hydrogen-bond acceptors (Lipinski definition) is 5. The van der Waals surface area contributed by atoms with Crippen molar-refractivity contribution in [1.29, 1.82) is 0 Å². The van der Waals surface area contributed by atoms with E-state index in [1.165, 1.54) is 4.88 Å². The number of nitrogens with zero attached hydrogens (tertiary/aromatic N) is 1. The fourth-order valence-electron chi connectivity index (χ4n) is 1.21. The summed E-state index contributed by atoms with van der Waals surface area (Å²) >= 11 is 3.45. The van der Waals surface area contributed by atoms with E-state index in [9.17, 15) is 5.11 Å². The van der Waals surface area contributed by atoms with E-state index >= 15 is 0 Å². The molecule has 0 fully saturated rings. The number of rotatable bonds is 7. The van der Waals surface area contributed by atoms with Gasteiger partial charge in [-0.2, -0.15) is 11.8 Å². The van der Waals surface area contributed by atoms with Crippen LogP contribution in [-0.2, 0) is 0 Å². The van der Waals surface area contributed by atoms with Crippen LogP contribution in [0, 0.1) is 0 Å². The Morgan fingerprint density at radius 1 is 1.62 bits per heavy atom. The van der Waals surface area contributed by atoms with E-state index in [4.69, 9.17) is 0 Å². The number of nitrogens with one attached hydrogen (secondary N) is 1. The van der Waals surface area contributed by atoms with Gasteiger partial charge in [0, 0.05) is 35.2 Å². The minimum atomic E-state index is -0.562. The van der Waals surface area contributed by atoms with Crippen LogP contribution in [-0.4, -0.2) is 33.7 Å². The zero-order valence-electron chi connectivity index (χ0n) is 10.1. The van der Waals surface area contributed by atoms with Crippen LogP contribution in [0.3, 0.4) is 0 Å². The minimum absolute atomic E-state index is 0.371. The topological polar surface area (TPSA) is 45.1 Å². The van der Waals surface area contributed by atoms with Gasteiger partial charge in [-0.05, 0) is 20.8 Å². The second-order valence-corrected chi connectivity index (χ2v) is 6.47. The minimum Gasteiger partial charge on any atom is -0.390 e. The molecule has 1 aromatic rings. The summed E-state index contributed by atoms with van der Waals surface area (Å²) < 4.78 is 0. The van der Waals surface area contributed by atoms with Gasteiger partial charge < -0.3 is 10.4 Å². The normalized spacial score (nSPS) is 14.0. The molecule has 92 valence electrons. The van der Waals surface area contributed by atoms with Gasteiger partial charge in [0.2, 0.25) is 0 Å². The second-order valence-electron chi connectivity index (χ2n) is 4.44. The molecule has 1 heterocycles. The molecule has 1 atom stereocenters. The van der Waals surface area contributed by atoms with Crippen molar-refractivity contribution in [2.75, 3.05) is 18.1 Å². The van der Waals surface area contributed by atoms with Gasteiger partial charge in [0.15, 0.2) is 0 Å². The average Bonchev–Trinajstić information content (AvgIpc) is 2.67. The third kappa shape index (κ3) is 5.84. The van der Waals surface area contributed by atoms with Gasteiger partial charge in [-0.1, -0.05) is 0 Å². The molecule has 0 saturated carbocycles. The van der Waals surface area contributed by atoms with Crippen molar-refractivity contribution < 1.29 is 5.11 Å². The molecule has 5 heteroatoms. The van der Waals surface area contributed by atoms with E-state index in [1.54, 1.807) is 23.1 Å². The summed E-state index contributed by atoms with van der Waals surface area (Å²) in [7, 11) is 0. The molecule has 3 nitrogen and oxygen atoms in total. The van der Waals surface area contributed by atoms with Gasteiger partial charge in [-0.3, -0.25) is 4.98 Å². The van der Waals surface area contributed by atoms with Crippen molar-refractivity contribution in [3.05, 3.63) is 16.6 Å². The molecule has 0 aliphatic heterocycles. The molecule has 2 N–H and O–H groups in total. The molecule has 0 bridgehead atoms. The van der Waals surface area contributed by atoms with E-state index < -0.39 is 5.60 Å². The third-order valence-electron chi connectivity index (χ3n) is 2.03. The van der Waals surface area contributed by atoms with E-state index in [1.807, 2.05) is 25.6 Å². The monoisotopic (exact) mass is 260 g/mol. The zero-order valence-corrected chi connectivity index (χ0v) is 11.7. The highest BCUT2D eigenvalue weighted by atomic mass is 32.2. The van der Waals surface area contributed by atoms with Crippen LogP contribution in [0.1, 0.15) is 31.7 Å². The first-order valence-electron chi connectivity index (χ1n) is 5.41. The zero-order chi connectivity index (χ0) is 12.0. The molecule has 0 aliphatic carbocycles. The smallest absolute Gasteiger partial charge is 0.0794 e. The predicted octanol–water partition coefficient (Wildman–Crippen LogP) is 2.30. The van der Waals surface area contributed by atoms with Crippen LogP contribution in [0.5, 0.6) is 0 Å². The molecule has 0 radical (unpaired) electrons. The molecular weight excluding hydrogens is 240 g/mol. The summed E-state index contributed by atoms with van der Waals surface area (Å²) in [6.45, 7) is 6.79. The Hall–Kier alpha value is -0.100. The summed E-state index contributed by atoms with van der Waals surface area (Å²) in [5, 5.41) is 13.0. The summed E-state index contributed by atoms with van der Waals surface area (Å²) in [5.41, 5.74) is 1.30. The summed E-state index contributed by atoms with van der Waals surface area (Å²) in [5.74, 6) is 1.80. The van der Waals surface area contributed by atoms with Crippen molar-refractivity contribution in [1.82, 2.24) is 10.3 Å². The van der Waals surface area contributed by atoms with Crippen molar-refractivity contribution in [2.45, 2.75) is 32.4 Å².